The molecule has 114 valence electrons. The lowest BCUT2D eigenvalue weighted by Gasteiger charge is -2.21. The number of amides is 2. The van der Waals surface area contributed by atoms with Gasteiger partial charge in [0, 0.05) is 14.1 Å². The second kappa shape index (κ2) is 7.29. The molecule has 22 heavy (non-hydrogen) atoms. The maximum Gasteiger partial charge on any atom is 0.329 e. The summed E-state index contributed by atoms with van der Waals surface area (Å²) in [4.78, 5) is 19.5. The smallest absolute Gasteiger partial charge is 0.329 e. The Bertz CT molecular complexity index is 687. The average Bonchev–Trinajstić information content (AvgIpc) is 2.51. The molecule has 0 N–H and O–H groups in total. The summed E-state index contributed by atoms with van der Waals surface area (Å²) in [6.07, 6.45) is 1.47. The van der Waals surface area contributed by atoms with Crippen LogP contribution in [0.3, 0.4) is 0 Å². The van der Waals surface area contributed by atoms with Gasteiger partial charge >= 0.3 is 6.03 Å². The van der Waals surface area contributed by atoms with Gasteiger partial charge in [0.25, 0.3) is 0 Å². The minimum Gasteiger partial charge on any atom is -0.330 e. The van der Waals surface area contributed by atoms with E-state index >= 15 is 0 Å². The third-order valence-corrected chi connectivity index (χ3v) is 3.59. The summed E-state index contributed by atoms with van der Waals surface area (Å²) in [7, 11) is 3.37. The van der Waals surface area contributed by atoms with Crippen LogP contribution in [-0.2, 0) is 0 Å². The molecule has 0 saturated heterocycles. The molecule has 0 unspecified atom stereocenters. The van der Waals surface area contributed by atoms with E-state index in [2.05, 4.69) is 4.99 Å². The van der Waals surface area contributed by atoms with Gasteiger partial charge in [0.05, 0.1) is 21.4 Å². The first-order valence-corrected chi connectivity index (χ1v) is 7.29. The number of aliphatic imine (C=N–C) groups is 1. The van der Waals surface area contributed by atoms with Gasteiger partial charge in [-0.05, 0) is 30.3 Å². The summed E-state index contributed by atoms with van der Waals surface area (Å²) in [5.74, 6) is 0. The number of rotatable bonds is 3. The van der Waals surface area contributed by atoms with E-state index in [0.29, 0.717) is 15.7 Å². The van der Waals surface area contributed by atoms with Crippen LogP contribution in [0.1, 0.15) is 0 Å². The fourth-order valence-electron chi connectivity index (χ4n) is 1.72. The van der Waals surface area contributed by atoms with Crippen molar-refractivity contribution in [2.75, 3.05) is 19.0 Å². The zero-order valence-corrected chi connectivity index (χ0v) is 13.7. The molecule has 0 spiro atoms. The number of carbonyl (C=O) groups excluding carboxylic acids is 1. The molecule has 0 aliphatic rings. The number of benzene rings is 2. The topological polar surface area (TPSA) is 35.9 Å². The van der Waals surface area contributed by atoms with Gasteiger partial charge in [0.1, 0.15) is 6.34 Å². The molecular formula is C16H15Cl2N3O. The molecule has 4 nitrogen and oxygen atoms in total. The molecule has 2 aromatic carbocycles. The number of para-hydroxylation sites is 1. The first-order valence-electron chi connectivity index (χ1n) is 6.54. The van der Waals surface area contributed by atoms with Crippen molar-refractivity contribution in [2.24, 2.45) is 4.99 Å². The Morgan fingerprint density at radius 3 is 2.32 bits per heavy atom. The van der Waals surface area contributed by atoms with Crippen LogP contribution in [-0.4, -0.2) is 31.4 Å². The monoisotopic (exact) mass is 335 g/mol. The summed E-state index contributed by atoms with van der Waals surface area (Å²) in [6.45, 7) is 0. The number of anilines is 1. The Morgan fingerprint density at radius 1 is 1.05 bits per heavy atom. The van der Waals surface area contributed by atoms with Crippen LogP contribution >= 0.6 is 23.2 Å². The molecule has 6 heteroatoms. The molecule has 2 rings (SSSR count). The van der Waals surface area contributed by atoms with Crippen molar-refractivity contribution in [3.05, 3.63) is 58.6 Å². The molecule has 0 bridgehead atoms. The van der Waals surface area contributed by atoms with E-state index in [0.717, 1.165) is 5.69 Å². The lowest BCUT2D eigenvalue weighted by molar-refractivity contribution is 0.227. The molecule has 2 amide bonds. The second-order valence-electron chi connectivity index (χ2n) is 4.73. The summed E-state index contributed by atoms with van der Waals surface area (Å²) in [5.41, 5.74) is 1.34. The molecule has 0 aromatic heterocycles. The van der Waals surface area contributed by atoms with Crippen LogP contribution in [0.25, 0.3) is 0 Å². The molecule has 0 radical (unpaired) electrons. The molecule has 0 saturated carbocycles. The molecular weight excluding hydrogens is 321 g/mol. The minimum absolute atomic E-state index is 0.199. The van der Waals surface area contributed by atoms with Crippen LogP contribution in [0, 0.1) is 0 Å². The van der Waals surface area contributed by atoms with Crippen LogP contribution in [0.4, 0.5) is 16.2 Å². The van der Waals surface area contributed by atoms with Crippen LogP contribution < -0.4 is 4.90 Å². The van der Waals surface area contributed by atoms with Crippen molar-refractivity contribution in [1.82, 2.24) is 4.90 Å². The zero-order valence-electron chi connectivity index (χ0n) is 12.2. The van der Waals surface area contributed by atoms with Gasteiger partial charge in [-0.25, -0.2) is 9.79 Å². The van der Waals surface area contributed by atoms with E-state index in [9.17, 15) is 4.79 Å². The summed E-state index contributed by atoms with van der Waals surface area (Å²) < 4.78 is 0. The van der Waals surface area contributed by atoms with E-state index in [1.807, 2.05) is 30.3 Å². The fraction of sp³-hybridized carbons (Fsp3) is 0.125. The van der Waals surface area contributed by atoms with Gasteiger partial charge in [-0.2, -0.15) is 0 Å². The molecule has 0 fully saturated rings. The maximum atomic E-state index is 12.3. The van der Waals surface area contributed by atoms with Crippen molar-refractivity contribution < 1.29 is 4.79 Å². The highest BCUT2D eigenvalue weighted by Crippen LogP contribution is 2.26. The van der Waals surface area contributed by atoms with Gasteiger partial charge in [0.15, 0.2) is 0 Å². The Labute approximate surface area is 139 Å². The van der Waals surface area contributed by atoms with Gasteiger partial charge < -0.3 is 4.90 Å². The normalized spacial score (nSPS) is 10.7. The van der Waals surface area contributed by atoms with E-state index in [-0.39, 0.29) is 6.03 Å². The minimum atomic E-state index is -0.199. The van der Waals surface area contributed by atoms with E-state index in [4.69, 9.17) is 23.2 Å². The third kappa shape index (κ3) is 4.00. The van der Waals surface area contributed by atoms with Crippen LogP contribution in [0.15, 0.2) is 53.5 Å². The van der Waals surface area contributed by atoms with Gasteiger partial charge in [-0.15, -0.1) is 0 Å². The van der Waals surface area contributed by atoms with Crippen molar-refractivity contribution in [1.29, 1.82) is 0 Å². The summed E-state index contributed by atoms with van der Waals surface area (Å²) >= 11 is 11.8. The van der Waals surface area contributed by atoms with Crippen LogP contribution in [0.5, 0.6) is 0 Å². The van der Waals surface area contributed by atoms with E-state index in [1.165, 1.54) is 16.1 Å². The molecule has 0 heterocycles. The highest BCUT2D eigenvalue weighted by Gasteiger charge is 2.15. The Kier molecular flexibility index (Phi) is 5.41. The first-order chi connectivity index (χ1) is 10.5. The lowest BCUT2D eigenvalue weighted by Crippen LogP contribution is -2.38. The molecule has 0 aliphatic heterocycles. The molecule has 0 atom stereocenters. The predicted octanol–water partition coefficient (Wildman–Crippen LogP) is 4.84. The number of halogens is 2. The first kappa shape index (κ1) is 16.3. The second-order valence-corrected chi connectivity index (χ2v) is 5.54. The number of hydrogen-bond donors (Lipinski definition) is 0. The van der Waals surface area contributed by atoms with Crippen molar-refractivity contribution in [3.63, 3.8) is 0 Å². The SMILES string of the molecule is CN(C)C(=O)N(C=Nc1ccc(Cl)c(Cl)c1)c1ccccc1. The maximum absolute atomic E-state index is 12.3. The Morgan fingerprint density at radius 2 is 1.73 bits per heavy atom. The number of hydrogen-bond acceptors (Lipinski definition) is 2. The van der Waals surface area contributed by atoms with Crippen molar-refractivity contribution >= 4 is 46.9 Å². The molecule has 2 aromatic rings. The quantitative estimate of drug-likeness (QED) is 0.583. The molecule has 0 aliphatic carbocycles. The standard InChI is InChI=1S/C16H15Cl2N3O/c1-20(2)16(22)21(13-6-4-3-5-7-13)11-19-12-8-9-14(17)15(18)10-12/h3-11H,1-2H3. The van der Waals surface area contributed by atoms with Crippen molar-refractivity contribution in [3.8, 4) is 0 Å². The number of carbonyl (C=O) groups is 1. The number of nitrogens with zero attached hydrogens (tertiary/aromatic N) is 3. The van der Waals surface area contributed by atoms with Gasteiger partial charge in [-0.3, -0.25) is 4.90 Å². The van der Waals surface area contributed by atoms with Crippen molar-refractivity contribution in [2.45, 2.75) is 0 Å². The zero-order chi connectivity index (χ0) is 16.1. The van der Waals surface area contributed by atoms with Gasteiger partial charge in [-0.1, -0.05) is 41.4 Å². The van der Waals surface area contributed by atoms with Crippen LogP contribution in [0.2, 0.25) is 10.0 Å². The largest absolute Gasteiger partial charge is 0.330 e. The summed E-state index contributed by atoms with van der Waals surface area (Å²) in [6, 6.07) is 14.1. The fourth-order valence-corrected chi connectivity index (χ4v) is 2.01. The van der Waals surface area contributed by atoms with Gasteiger partial charge in [0.2, 0.25) is 0 Å². The number of urea groups is 1. The average molecular weight is 336 g/mol. The van der Waals surface area contributed by atoms with E-state index in [1.54, 1.807) is 32.3 Å². The highest BCUT2D eigenvalue weighted by atomic mass is 35.5. The summed E-state index contributed by atoms with van der Waals surface area (Å²) in [5, 5.41) is 0.881. The Balaban J connectivity index is 2.32. The predicted molar refractivity (Wildman–Crippen MR) is 92.6 cm³/mol. The lowest BCUT2D eigenvalue weighted by atomic mass is 10.3. The Hall–Kier alpha value is -2.04. The van der Waals surface area contributed by atoms with E-state index < -0.39 is 0 Å². The third-order valence-electron chi connectivity index (χ3n) is 2.85. The highest BCUT2D eigenvalue weighted by molar-refractivity contribution is 6.42.